The van der Waals surface area contributed by atoms with E-state index in [1.807, 2.05) is 40.9 Å². The van der Waals surface area contributed by atoms with E-state index in [1.165, 1.54) is 11.1 Å². The van der Waals surface area contributed by atoms with Crippen molar-refractivity contribution < 1.29 is 4.74 Å². The Bertz CT molecular complexity index is 922. The third kappa shape index (κ3) is 2.11. The molecule has 1 aromatic carbocycles. The fraction of sp³-hybridized carbons (Fsp3) is 0.222. The Morgan fingerprint density at radius 1 is 1.22 bits per heavy atom. The number of aromatic nitrogens is 2. The molecule has 2 aromatic heterocycles. The smallest absolute Gasteiger partial charge is 0.169 e. The highest BCUT2D eigenvalue weighted by Crippen LogP contribution is 2.31. The number of benzene rings is 1. The Hall–Kier alpha value is -3.00. The first-order valence-corrected chi connectivity index (χ1v) is 7.58. The summed E-state index contributed by atoms with van der Waals surface area (Å²) in [4.78, 5) is 6.83. The molecule has 4 rings (SSSR count). The molecule has 0 atom stereocenters. The first-order chi connectivity index (χ1) is 11.3. The molecular formula is C18H16N4O. The number of hydrogen-bond acceptors (Lipinski definition) is 4. The van der Waals surface area contributed by atoms with E-state index in [4.69, 9.17) is 4.74 Å². The molecule has 23 heavy (non-hydrogen) atoms. The first-order valence-electron chi connectivity index (χ1n) is 7.58. The lowest BCUT2D eigenvalue weighted by Gasteiger charge is -2.30. The van der Waals surface area contributed by atoms with Gasteiger partial charge in [-0.3, -0.25) is 4.40 Å². The van der Waals surface area contributed by atoms with Crippen molar-refractivity contribution in [3.63, 3.8) is 0 Å². The molecular weight excluding hydrogens is 288 g/mol. The molecule has 1 aliphatic heterocycles. The van der Waals surface area contributed by atoms with E-state index in [2.05, 4.69) is 22.0 Å². The molecule has 3 aromatic rings. The summed E-state index contributed by atoms with van der Waals surface area (Å²) in [6.07, 6.45) is 2.77. The molecule has 5 nitrogen and oxygen atoms in total. The van der Waals surface area contributed by atoms with E-state index in [0.29, 0.717) is 5.69 Å². The lowest BCUT2D eigenvalue weighted by molar-refractivity contribution is 0.407. The van der Waals surface area contributed by atoms with Gasteiger partial charge in [0.25, 0.3) is 0 Å². The van der Waals surface area contributed by atoms with Gasteiger partial charge in [-0.2, -0.15) is 5.26 Å². The van der Waals surface area contributed by atoms with Crippen molar-refractivity contribution in [3.05, 3.63) is 59.4 Å². The number of methoxy groups -OCH3 is 1. The molecule has 1 aliphatic rings. The quantitative estimate of drug-likeness (QED) is 0.730. The van der Waals surface area contributed by atoms with Crippen molar-refractivity contribution in [1.29, 1.82) is 5.26 Å². The van der Waals surface area contributed by atoms with Crippen LogP contribution in [0.3, 0.4) is 0 Å². The maximum atomic E-state index is 9.56. The number of ether oxygens (including phenoxy) is 1. The van der Waals surface area contributed by atoms with Crippen LogP contribution in [0.25, 0.3) is 5.65 Å². The maximum Gasteiger partial charge on any atom is 0.169 e. The predicted molar refractivity (Wildman–Crippen MR) is 87.7 cm³/mol. The summed E-state index contributed by atoms with van der Waals surface area (Å²) in [6, 6.07) is 14.2. The zero-order valence-electron chi connectivity index (χ0n) is 12.9. The SMILES string of the molecule is COc1cccc2c1CCN(c1nc3ccccn3c1C#N)C2. The molecule has 0 radical (unpaired) electrons. The highest BCUT2D eigenvalue weighted by Gasteiger charge is 2.24. The summed E-state index contributed by atoms with van der Waals surface area (Å²) in [5.41, 5.74) is 3.88. The van der Waals surface area contributed by atoms with Gasteiger partial charge in [0.1, 0.15) is 17.5 Å². The van der Waals surface area contributed by atoms with Gasteiger partial charge in [0.05, 0.1) is 7.11 Å². The second kappa shape index (κ2) is 5.33. The zero-order valence-corrected chi connectivity index (χ0v) is 12.9. The second-order valence-corrected chi connectivity index (χ2v) is 5.59. The summed E-state index contributed by atoms with van der Waals surface area (Å²) < 4.78 is 7.30. The molecule has 0 amide bonds. The zero-order chi connectivity index (χ0) is 15.8. The molecule has 3 heterocycles. The molecule has 5 heteroatoms. The van der Waals surface area contributed by atoms with Crippen molar-refractivity contribution in [1.82, 2.24) is 9.38 Å². The van der Waals surface area contributed by atoms with E-state index >= 15 is 0 Å². The number of fused-ring (bicyclic) bond motifs is 2. The van der Waals surface area contributed by atoms with Crippen LogP contribution < -0.4 is 9.64 Å². The topological polar surface area (TPSA) is 53.6 Å². The summed E-state index contributed by atoms with van der Waals surface area (Å²) in [7, 11) is 1.71. The monoisotopic (exact) mass is 304 g/mol. The van der Waals surface area contributed by atoms with Gasteiger partial charge in [-0.1, -0.05) is 18.2 Å². The molecule has 0 saturated carbocycles. The van der Waals surface area contributed by atoms with Gasteiger partial charge in [0, 0.05) is 24.8 Å². The van der Waals surface area contributed by atoms with E-state index in [-0.39, 0.29) is 0 Å². The number of nitrogens with zero attached hydrogens (tertiary/aromatic N) is 4. The van der Waals surface area contributed by atoms with Crippen molar-refractivity contribution in [2.75, 3.05) is 18.6 Å². The lowest BCUT2D eigenvalue weighted by atomic mass is 9.98. The van der Waals surface area contributed by atoms with Gasteiger partial charge < -0.3 is 9.64 Å². The minimum atomic E-state index is 0.590. The summed E-state index contributed by atoms with van der Waals surface area (Å²) in [6.45, 7) is 1.57. The van der Waals surface area contributed by atoms with Gasteiger partial charge in [-0.25, -0.2) is 4.98 Å². The predicted octanol–water partition coefficient (Wildman–Crippen LogP) is 2.78. The van der Waals surface area contributed by atoms with Crippen LogP contribution in [-0.2, 0) is 13.0 Å². The minimum absolute atomic E-state index is 0.590. The molecule has 0 aliphatic carbocycles. The van der Waals surface area contributed by atoms with E-state index < -0.39 is 0 Å². The highest BCUT2D eigenvalue weighted by molar-refractivity contribution is 5.61. The van der Waals surface area contributed by atoms with Crippen LogP contribution in [0.2, 0.25) is 0 Å². The Morgan fingerprint density at radius 2 is 2.13 bits per heavy atom. The Balaban J connectivity index is 1.77. The molecule has 0 bridgehead atoms. The van der Waals surface area contributed by atoms with E-state index in [9.17, 15) is 5.26 Å². The average Bonchev–Trinajstić information content (AvgIpc) is 2.99. The molecule has 0 unspecified atom stereocenters. The lowest BCUT2D eigenvalue weighted by Crippen LogP contribution is -2.31. The fourth-order valence-electron chi connectivity index (χ4n) is 3.25. The van der Waals surface area contributed by atoms with Crippen molar-refractivity contribution >= 4 is 11.5 Å². The van der Waals surface area contributed by atoms with Crippen molar-refractivity contribution in [2.24, 2.45) is 0 Å². The van der Waals surface area contributed by atoms with Crippen LogP contribution in [0.15, 0.2) is 42.6 Å². The maximum absolute atomic E-state index is 9.56. The fourth-order valence-corrected chi connectivity index (χ4v) is 3.25. The minimum Gasteiger partial charge on any atom is -0.496 e. The third-order valence-electron chi connectivity index (χ3n) is 4.36. The number of rotatable bonds is 2. The van der Waals surface area contributed by atoms with Crippen LogP contribution in [0.4, 0.5) is 5.82 Å². The molecule has 0 fully saturated rings. The molecule has 0 spiro atoms. The van der Waals surface area contributed by atoms with Gasteiger partial charge in [-0.05, 0) is 30.2 Å². The first kappa shape index (κ1) is 13.6. The van der Waals surface area contributed by atoms with Crippen LogP contribution in [0.1, 0.15) is 16.8 Å². The van der Waals surface area contributed by atoms with Gasteiger partial charge in [0.2, 0.25) is 0 Å². The van der Waals surface area contributed by atoms with E-state index in [0.717, 1.165) is 36.7 Å². The van der Waals surface area contributed by atoms with E-state index in [1.54, 1.807) is 7.11 Å². The van der Waals surface area contributed by atoms with Gasteiger partial charge in [0.15, 0.2) is 11.5 Å². The van der Waals surface area contributed by atoms with Gasteiger partial charge in [-0.15, -0.1) is 0 Å². The van der Waals surface area contributed by atoms with Gasteiger partial charge >= 0.3 is 0 Å². The normalized spacial score (nSPS) is 13.7. The van der Waals surface area contributed by atoms with Crippen LogP contribution in [0.5, 0.6) is 5.75 Å². The number of hydrogen-bond donors (Lipinski definition) is 0. The third-order valence-corrected chi connectivity index (χ3v) is 4.36. The second-order valence-electron chi connectivity index (χ2n) is 5.59. The molecule has 0 saturated heterocycles. The van der Waals surface area contributed by atoms with Crippen molar-refractivity contribution in [2.45, 2.75) is 13.0 Å². The van der Waals surface area contributed by atoms with Crippen molar-refractivity contribution in [3.8, 4) is 11.8 Å². The van der Waals surface area contributed by atoms with Crippen LogP contribution in [-0.4, -0.2) is 23.0 Å². The van der Waals surface area contributed by atoms with Crippen LogP contribution in [0, 0.1) is 11.3 Å². The Morgan fingerprint density at radius 3 is 2.96 bits per heavy atom. The Labute approximate surface area is 134 Å². The molecule has 0 N–H and O–H groups in total. The number of imidazole rings is 1. The van der Waals surface area contributed by atoms with Crippen LogP contribution >= 0.6 is 0 Å². The number of pyridine rings is 1. The number of nitriles is 1. The largest absolute Gasteiger partial charge is 0.496 e. The Kier molecular flexibility index (Phi) is 3.16. The summed E-state index contributed by atoms with van der Waals surface area (Å²) in [5, 5.41) is 9.56. The molecule has 114 valence electrons. The highest BCUT2D eigenvalue weighted by atomic mass is 16.5. The summed E-state index contributed by atoms with van der Waals surface area (Å²) in [5.74, 6) is 1.70. The average molecular weight is 304 g/mol. The summed E-state index contributed by atoms with van der Waals surface area (Å²) >= 11 is 0. The standard InChI is InChI=1S/C18H16N4O/c1-23-16-6-4-5-13-12-21(10-8-14(13)16)18-15(11-19)22-9-3-2-7-17(22)20-18/h2-7,9H,8,10,12H2,1H3. The number of anilines is 1.